The molecule has 0 unspecified atom stereocenters. The van der Waals surface area contributed by atoms with Gasteiger partial charge in [-0.3, -0.25) is 0 Å². The monoisotopic (exact) mass is 233 g/mol. The van der Waals surface area contributed by atoms with Crippen molar-refractivity contribution >= 4 is 18.4 Å². The minimum absolute atomic E-state index is 0.0434. The van der Waals surface area contributed by atoms with Gasteiger partial charge in [-0.15, -0.1) is 0 Å². The van der Waals surface area contributed by atoms with Gasteiger partial charge in [0.05, 0.1) is 14.2 Å². The van der Waals surface area contributed by atoms with Crippen molar-refractivity contribution in [2.75, 3.05) is 14.2 Å². The van der Waals surface area contributed by atoms with Crippen LogP contribution >= 0.6 is 0 Å². The zero-order valence-electron chi connectivity index (χ0n) is 8.67. The second-order valence-electron chi connectivity index (χ2n) is 3.02. The number of carbonyl (C=O) groups is 1. The fraction of sp³-hybridized carbons (Fsp3) is 0.222. The first-order valence-corrected chi connectivity index (χ1v) is 4.36. The van der Waals surface area contributed by atoms with Gasteiger partial charge in [0.15, 0.2) is 0 Å². The maximum atomic E-state index is 12.7. The number of halogens is 3. The predicted molar refractivity (Wildman–Crippen MR) is 53.0 cm³/mol. The van der Waals surface area contributed by atoms with Crippen LogP contribution in [0.4, 0.5) is 12.9 Å². The average molecular weight is 233 g/mol. The first-order chi connectivity index (χ1) is 7.40. The molecule has 1 rings (SSSR count). The smallest absolute Gasteiger partial charge is 0.497 e. The standard InChI is InChI=1S/C9H9BF3O3/c1-15-6-3-4-7(9(14)16-2)8(5-6)10(11,12)13/h3-5H,1-2H3/q-1. The van der Waals surface area contributed by atoms with E-state index in [1.807, 2.05) is 0 Å². The van der Waals surface area contributed by atoms with Gasteiger partial charge in [0, 0.05) is 5.56 Å². The van der Waals surface area contributed by atoms with Crippen molar-refractivity contribution in [1.29, 1.82) is 0 Å². The molecule has 1 aromatic rings. The molecule has 0 N–H and O–H groups in total. The molecule has 0 atom stereocenters. The van der Waals surface area contributed by atoms with Crippen LogP contribution in [-0.2, 0) is 4.74 Å². The van der Waals surface area contributed by atoms with Gasteiger partial charge in [-0.25, -0.2) is 4.79 Å². The number of ether oxygens (including phenoxy) is 2. The number of carbonyl (C=O) groups excluding carboxylic acids is 1. The van der Waals surface area contributed by atoms with Gasteiger partial charge >= 0.3 is 12.9 Å². The predicted octanol–water partition coefficient (Wildman–Crippen LogP) is 1.54. The van der Waals surface area contributed by atoms with Gasteiger partial charge in [0.1, 0.15) is 5.75 Å². The highest BCUT2D eigenvalue weighted by Gasteiger charge is 2.31. The molecule has 1 aromatic carbocycles. The first-order valence-electron chi connectivity index (χ1n) is 4.36. The van der Waals surface area contributed by atoms with E-state index < -0.39 is 24.0 Å². The SMILES string of the molecule is COC(=O)c1ccc(OC)cc1[B-](F)(F)F. The Balaban J connectivity index is 3.33. The summed E-state index contributed by atoms with van der Waals surface area (Å²) in [5.41, 5.74) is -1.51. The Morgan fingerprint density at radius 2 is 1.88 bits per heavy atom. The van der Waals surface area contributed by atoms with Crippen LogP contribution in [-0.4, -0.2) is 27.2 Å². The number of rotatable bonds is 3. The molecule has 0 saturated heterocycles. The summed E-state index contributed by atoms with van der Waals surface area (Å²) < 4.78 is 46.9. The summed E-state index contributed by atoms with van der Waals surface area (Å²) >= 11 is 0. The quantitative estimate of drug-likeness (QED) is 0.586. The highest BCUT2D eigenvalue weighted by atomic mass is 19.4. The molecule has 7 heteroatoms. The Labute approximate surface area is 90.2 Å². The second-order valence-corrected chi connectivity index (χ2v) is 3.02. The molecule has 0 aliphatic carbocycles. The second kappa shape index (κ2) is 4.46. The summed E-state index contributed by atoms with van der Waals surface area (Å²) in [5.74, 6) is -0.973. The molecule has 0 radical (unpaired) electrons. The van der Waals surface area contributed by atoms with Crippen molar-refractivity contribution in [3.63, 3.8) is 0 Å². The molecule has 0 bridgehead atoms. The molecule has 3 nitrogen and oxygen atoms in total. The zero-order valence-corrected chi connectivity index (χ0v) is 8.67. The van der Waals surface area contributed by atoms with E-state index in [0.29, 0.717) is 0 Å². The third-order valence-electron chi connectivity index (χ3n) is 2.02. The fourth-order valence-corrected chi connectivity index (χ4v) is 1.23. The number of hydrogen-bond donors (Lipinski definition) is 0. The van der Waals surface area contributed by atoms with Crippen LogP contribution in [0.25, 0.3) is 0 Å². The van der Waals surface area contributed by atoms with E-state index >= 15 is 0 Å². The van der Waals surface area contributed by atoms with E-state index in [-0.39, 0.29) is 5.75 Å². The third-order valence-corrected chi connectivity index (χ3v) is 2.02. The molecule has 0 aromatic heterocycles. The van der Waals surface area contributed by atoms with E-state index in [2.05, 4.69) is 9.47 Å². The lowest BCUT2D eigenvalue weighted by Gasteiger charge is -2.19. The summed E-state index contributed by atoms with van der Waals surface area (Å²) in [4.78, 5) is 11.1. The van der Waals surface area contributed by atoms with Crippen molar-refractivity contribution < 1.29 is 27.2 Å². The van der Waals surface area contributed by atoms with Gasteiger partial charge < -0.3 is 22.4 Å². The van der Waals surface area contributed by atoms with Crippen LogP contribution in [0.5, 0.6) is 5.75 Å². The number of esters is 1. The van der Waals surface area contributed by atoms with Crippen LogP contribution in [0, 0.1) is 0 Å². The summed E-state index contributed by atoms with van der Waals surface area (Å²) in [7, 11) is 2.28. The van der Waals surface area contributed by atoms with E-state index in [0.717, 1.165) is 19.2 Å². The molecule has 88 valence electrons. The average Bonchev–Trinajstić information content (AvgIpc) is 2.26. The molecular formula is C9H9BF3O3-. The van der Waals surface area contributed by atoms with E-state index in [1.165, 1.54) is 13.2 Å². The Bertz CT molecular complexity index is 403. The fourth-order valence-electron chi connectivity index (χ4n) is 1.23. The van der Waals surface area contributed by atoms with Gasteiger partial charge in [-0.1, -0.05) is 5.46 Å². The van der Waals surface area contributed by atoms with Crippen LogP contribution in [0.1, 0.15) is 10.4 Å². The van der Waals surface area contributed by atoms with Crippen molar-refractivity contribution in [3.05, 3.63) is 23.8 Å². The third kappa shape index (κ3) is 2.47. The molecule has 0 heterocycles. The topological polar surface area (TPSA) is 35.5 Å². The number of benzene rings is 1. The van der Waals surface area contributed by atoms with E-state index in [1.54, 1.807) is 0 Å². The maximum absolute atomic E-state index is 12.7. The minimum atomic E-state index is -5.28. The maximum Gasteiger partial charge on any atom is 0.510 e. The van der Waals surface area contributed by atoms with Gasteiger partial charge in [0.25, 0.3) is 0 Å². The molecule has 0 amide bonds. The molecule has 0 aliphatic rings. The molecule has 0 spiro atoms. The minimum Gasteiger partial charge on any atom is -0.497 e. The Morgan fingerprint density at radius 1 is 1.25 bits per heavy atom. The molecule has 16 heavy (non-hydrogen) atoms. The number of methoxy groups -OCH3 is 2. The van der Waals surface area contributed by atoms with Gasteiger partial charge in [-0.05, 0) is 18.2 Å². The Kier molecular flexibility index (Phi) is 3.46. The lowest BCUT2D eigenvalue weighted by Crippen LogP contribution is -2.38. The largest absolute Gasteiger partial charge is 0.510 e. The first kappa shape index (κ1) is 12.4. The highest BCUT2D eigenvalue weighted by molar-refractivity contribution is 6.74. The van der Waals surface area contributed by atoms with Crippen molar-refractivity contribution in [3.8, 4) is 5.75 Å². The molecule has 0 aliphatic heterocycles. The summed E-state index contributed by atoms with van der Waals surface area (Å²) in [6.45, 7) is -5.28. The summed E-state index contributed by atoms with van der Waals surface area (Å²) in [5, 5.41) is 0. The van der Waals surface area contributed by atoms with Crippen LogP contribution in [0.3, 0.4) is 0 Å². The van der Waals surface area contributed by atoms with Gasteiger partial charge in [0.2, 0.25) is 0 Å². The van der Waals surface area contributed by atoms with Crippen LogP contribution < -0.4 is 10.2 Å². The van der Waals surface area contributed by atoms with E-state index in [9.17, 15) is 17.7 Å². The summed E-state index contributed by atoms with van der Waals surface area (Å²) in [6, 6.07) is 3.10. The number of hydrogen-bond acceptors (Lipinski definition) is 3. The van der Waals surface area contributed by atoms with Crippen LogP contribution in [0.15, 0.2) is 18.2 Å². The molecular weight excluding hydrogens is 224 g/mol. The van der Waals surface area contributed by atoms with Crippen LogP contribution in [0.2, 0.25) is 0 Å². The van der Waals surface area contributed by atoms with Crippen molar-refractivity contribution in [2.45, 2.75) is 0 Å². The molecule has 0 saturated carbocycles. The zero-order chi connectivity index (χ0) is 12.3. The lowest BCUT2D eigenvalue weighted by atomic mass is 9.76. The Hall–Kier alpha value is -1.66. The Morgan fingerprint density at radius 3 is 2.31 bits per heavy atom. The molecule has 0 fully saturated rings. The van der Waals surface area contributed by atoms with E-state index in [4.69, 9.17) is 0 Å². The normalized spacial score (nSPS) is 11.1. The van der Waals surface area contributed by atoms with Crippen molar-refractivity contribution in [1.82, 2.24) is 0 Å². The lowest BCUT2D eigenvalue weighted by molar-refractivity contribution is 0.0601. The van der Waals surface area contributed by atoms with Crippen molar-refractivity contribution in [2.24, 2.45) is 0 Å². The highest BCUT2D eigenvalue weighted by Crippen LogP contribution is 2.18. The summed E-state index contributed by atoms with van der Waals surface area (Å²) in [6.07, 6.45) is 0. The van der Waals surface area contributed by atoms with Gasteiger partial charge in [-0.2, -0.15) is 0 Å².